The minimum atomic E-state index is -0.931. The van der Waals surface area contributed by atoms with Crippen LogP contribution >= 0.6 is 11.5 Å². The number of anilines is 1. The summed E-state index contributed by atoms with van der Waals surface area (Å²) >= 11 is 0.766. The fraction of sp³-hybridized carbons (Fsp3) is 0.500. The molecule has 3 N–H and O–H groups in total. The monoisotopic (exact) mass is 514 g/mol. The fourth-order valence-corrected chi connectivity index (χ4v) is 4.33. The molecule has 0 aliphatic carbocycles. The maximum atomic E-state index is 14.4. The first-order valence-corrected chi connectivity index (χ1v) is 11.8. The number of halogens is 2. The van der Waals surface area contributed by atoms with Crippen LogP contribution in [0.15, 0.2) is 12.1 Å². The standard InChI is InChI=1S/C22H28F2N4O6S/c1-32-15-8-7-14(23)13(18(15)24)12-34-19-17(21(30)33-2)20(35-27-19)26-22(31)25-9-3-4-10-28-11-5-6-16(28)29/h7-8,16,29H,3-6,9-12H2,1-2H3,(H2,25,26,31). The van der Waals surface area contributed by atoms with Gasteiger partial charge >= 0.3 is 12.0 Å². The van der Waals surface area contributed by atoms with E-state index in [0.29, 0.717) is 13.0 Å². The number of aromatic nitrogens is 1. The van der Waals surface area contributed by atoms with Gasteiger partial charge in [-0.05, 0) is 49.3 Å². The largest absolute Gasteiger partial charge is 0.494 e. The summed E-state index contributed by atoms with van der Waals surface area (Å²) in [6.45, 7) is 1.44. The van der Waals surface area contributed by atoms with Gasteiger partial charge in [0.25, 0.3) is 0 Å². The molecule has 13 heteroatoms. The third-order valence-corrected chi connectivity index (χ3v) is 6.23. The average molecular weight is 515 g/mol. The van der Waals surface area contributed by atoms with Crippen molar-refractivity contribution >= 4 is 28.5 Å². The van der Waals surface area contributed by atoms with Crippen LogP contribution in [0.2, 0.25) is 0 Å². The number of nitrogens with one attached hydrogen (secondary N) is 2. The molecule has 2 heterocycles. The molecule has 0 radical (unpaired) electrons. The molecule has 1 aliphatic rings. The first-order valence-electron chi connectivity index (χ1n) is 11.0. The molecule has 35 heavy (non-hydrogen) atoms. The molecule has 2 aromatic rings. The molecule has 1 atom stereocenters. The van der Waals surface area contributed by atoms with Crippen molar-refractivity contribution in [1.29, 1.82) is 0 Å². The number of carbonyl (C=O) groups excluding carboxylic acids is 2. The van der Waals surface area contributed by atoms with Gasteiger partial charge in [-0.15, -0.1) is 0 Å². The van der Waals surface area contributed by atoms with Crippen molar-refractivity contribution in [2.75, 3.05) is 39.2 Å². The molecule has 3 rings (SSSR count). The van der Waals surface area contributed by atoms with Crippen molar-refractivity contribution in [3.63, 3.8) is 0 Å². The Kier molecular flexibility index (Phi) is 9.57. The third kappa shape index (κ3) is 6.77. The van der Waals surface area contributed by atoms with E-state index < -0.39 is 35.8 Å². The molecule has 192 valence electrons. The minimum Gasteiger partial charge on any atom is -0.494 e. The number of ether oxygens (including phenoxy) is 3. The number of carbonyl (C=O) groups is 2. The summed E-state index contributed by atoms with van der Waals surface area (Å²) in [5.41, 5.74) is -0.568. The minimum absolute atomic E-state index is 0.0659. The van der Waals surface area contributed by atoms with Crippen LogP contribution in [0, 0.1) is 11.6 Å². The maximum absolute atomic E-state index is 14.4. The molecule has 1 unspecified atom stereocenters. The molecule has 1 saturated heterocycles. The second kappa shape index (κ2) is 12.6. The van der Waals surface area contributed by atoms with Crippen LogP contribution in [-0.4, -0.2) is 66.5 Å². The van der Waals surface area contributed by atoms with E-state index in [-0.39, 0.29) is 28.4 Å². The highest BCUT2D eigenvalue weighted by molar-refractivity contribution is 7.11. The maximum Gasteiger partial charge on any atom is 0.346 e. The lowest BCUT2D eigenvalue weighted by molar-refractivity contribution is 0.0373. The topological polar surface area (TPSA) is 122 Å². The Balaban J connectivity index is 1.57. The van der Waals surface area contributed by atoms with Crippen LogP contribution in [-0.2, 0) is 11.3 Å². The summed E-state index contributed by atoms with van der Waals surface area (Å²) in [5.74, 6) is -3.01. The molecule has 0 saturated carbocycles. The van der Waals surface area contributed by atoms with E-state index in [2.05, 4.69) is 15.0 Å². The van der Waals surface area contributed by atoms with Crippen molar-refractivity contribution in [2.45, 2.75) is 38.5 Å². The number of amides is 2. The van der Waals surface area contributed by atoms with Gasteiger partial charge in [0.15, 0.2) is 17.1 Å². The number of aliphatic hydroxyl groups excluding tert-OH is 1. The molecule has 0 bridgehead atoms. The van der Waals surface area contributed by atoms with Crippen LogP contribution < -0.4 is 20.1 Å². The smallest absolute Gasteiger partial charge is 0.346 e. The molecular formula is C22H28F2N4O6S. The Hall–Kier alpha value is -3.03. The first kappa shape index (κ1) is 26.6. The summed E-state index contributed by atoms with van der Waals surface area (Å²) in [6.07, 6.45) is 2.89. The number of nitrogens with zero attached hydrogens (tertiary/aromatic N) is 2. The van der Waals surface area contributed by atoms with Crippen LogP contribution in [0.1, 0.15) is 41.6 Å². The van der Waals surface area contributed by atoms with Gasteiger partial charge in [0.2, 0.25) is 5.88 Å². The number of urea groups is 1. The van der Waals surface area contributed by atoms with Crippen LogP contribution in [0.3, 0.4) is 0 Å². The Morgan fingerprint density at radius 2 is 2.09 bits per heavy atom. The third-order valence-electron chi connectivity index (χ3n) is 5.49. The van der Waals surface area contributed by atoms with Crippen LogP contribution in [0.25, 0.3) is 0 Å². The molecular weight excluding hydrogens is 486 g/mol. The highest BCUT2D eigenvalue weighted by Gasteiger charge is 2.26. The van der Waals surface area contributed by atoms with E-state index in [0.717, 1.165) is 63.1 Å². The van der Waals surface area contributed by atoms with Crippen molar-refractivity contribution < 1.29 is 37.7 Å². The zero-order valence-corrected chi connectivity index (χ0v) is 20.3. The Labute approximate surface area is 205 Å². The van der Waals surface area contributed by atoms with Gasteiger partial charge in [0, 0.05) is 19.6 Å². The van der Waals surface area contributed by atoms with Gasteiger partial charge in [-0.3, -0.25) is 10.2 Å². The SMILES string of the molecule is COC(=O)c1c(OCc2c(F)ccc(OC)c2F)nsc1NC(=O)NCCCCN1CCCC1O. The average Bonchev–Trinajstić information content (AvgIpc) is 3.43. The van der Waals surface area contributed by atoms with E-state index in [1.54, 1.807) is 0 Å². The van der Waals surface area contributed by atoms with Crippen molar-refractivity contribution in [1.82, 2.24) is 14.6 Å². The number of benzene rings is 1. The van der Waals surface area contributed by atoms with E-state index in [1.165, 1.54) is 7.11 Å². The molecule has 1 aliphatic heterocycles. The number of esters is 1. The molecule has 1 aromatic heterocycles. The normalized spacial score (nSPS) is 15.6. The summed E-state index contributed by atoms with van der Waals surface area (Å²) in [4.78, 5) is 26.6. The molecule has 1 fully saturated rings. The lowest BCUT2D eigenvalue weighted by Crippen LogP contribution is -2.32. The van der Waals surface area contributed by atoms with Gasteiger partial charge in [0.1, 0.15) is 23.7 Å². The highest BCUT2D eigenvalue weighted by atomic mass is 32.1. The van der Waals surface area contributed by atoms with E-state index in [1.807, 2.05) is 4.90 Å². The van der Waals surface area contributed by atoms with Gasteiger partial charge in [-0.2, -0.15) is 4.37 Å². The van der Waals surface area contributed by atoms with Crippen molar-refractivity contribution in [2.24, 2.45) is 0 Å². The van der Waals surface area contributed by atoms with Gasteiger partial charge in [-0.25, -0.2) is 18.4 Å². The highest BCUT2D eigenvalue weighted by Crippen LogP contribution is 2.32. The fourth-order valence-electron chi connectivity index (χ4n) is 3.61. The first-order chi connectivity index (χ1) is 16.8. The molecule has 10 nitrogen and oxygen atoms in total. The number of likely N-dealkylation sites (tertiary alicyclic amines) is 1. The number of hydrogen-bond acceptors (Lipinski definition) is 9. The number of rotatable bonds is 11. The van der Waals surface area contributed by atoms with E-state index >= 15 is 0 Å². The summed E-state index contributed by atoms with van der Waals surface area (Å²) in [6, 6.07) is 1.62. The summed E-state index contributed by atoms with van der Waals surface area (Å²) in [7, 11) is 2.39. The van der Waals surface area contributed by atoms with E-state index in [4.69, 9.17) is 14.2 Å². The van der Waals surface area contributed by atoms with Crippen molar-refractivity contribution in [3.8, 4) is 11.6 Å². The lowest BCUT2D eigenvalue weighted by atomic mass is 10.2. The Morgan fingerprint density at radius 1 is 1.29 bits per heavy atom. The summed E-state index contributed by atoms with van der Waals surface area (Å²) < 4.78 is 47.5. The quantitative estimate of drug-likeness (QED) is 0.309. The van der Waals surface area contributed by atoms with Gasteiger partial charge < -0.3 is 24.6 Å². The number of aliphatic hydroxyl groups is 1. The molecule has 2 amide bonds. The number of hydrogen-bond donors (Lipinski definition) is 3. The zero-order chi connectivity index (χ0) is 25.4. The number of unbranched alkanes of at least 4 members (excludes halogenated alkanes) is 1. The predicted octanol–water partition coefficient (Wildman–Crippen LogP) is 3.11. The number of methoxy groups -OCH3 is 2. The van der Waals surface area contributed by atoms with Crippen LogP contribution in [0.4, 0.5) is 18.6 Å². The van der Waals surface area contributed by atoms with Gasteiger partial charge in [-0.1, -0.05) is 0 Å². The lowest BCUT2D eigenvalue weighted by Gasteiger charge is -2.19. The predicted molar refractivity (Wildman–Crippen MR) is 124 cm³/mol. The van der Waals surface area contributed by atoms with Crippen molar-refractivity contribution in [3.05, 3.63) is 34.9 Å². The van der Waals surface area contributed by atoms with Gasteiger partial charge in [0.05, 0.1) is 19.8 Å². The molecule has 1 aromatic carbocycles. The van der Waals surface area contributed by atoms with Crippen LogP contribution in [0.5, 0.6) is 11.6 Å². The Bertz CT molecular complexity index is 1040. The van der Waals surface area contributed by atoms with E-state index in [9.17, 15) is 23.5 Å². The Morgan fingerprint density at radius 3 is 2.77 bits per heavy atom. The molecule has 0 spiro atoms. The zero-order valence-electron chi connectivity index (χ0n) is 19.4. The second-order valence-electron chi connectivity index (χ2n) is 7.76. The second-order valence-corrected chi connectivity index (χ2v) is 8.53. The summed E-state index contributed by atoms with van der Waals surface area (Å²) in [5, 5.41) is 15.1.